The van der Waals surface area contributed by atoms with Gasteiger partial charge in [-0.2, -0.15) is 0 Å². The number of nitrogens with zero attached hydrogens (tertiary/aromatic N) is 1. The molecule has 0 aliphatic carbocycles. The fourth-order valence-electron chi connectivity index (χ4n) is 2.03. The van der Waals surface area contributed by atoms with Gasteiger partial charge < -0.3 is 14.6 Å². The molecule has 100 valence electrons. The Balaban J connectivity index is 1.72. The number of carbonyl (C=O) groups is 1. The van der Waals surface area contributed by atoms with E-state index in [0.717, 1.165) is 36.2 Å². The van der Waals surface area contributed by atoms with Gasteiger partial charge in [0.15, 0.2) is 4.67 Å². The lowest BCUT2D eigenvalue weighted by Crippen LogP contribution is -2.40. The number of piperidine rings is 1. The number of furan rings is 1. The molecule has 4 nitrogen and oxygen atoms in total. The second-order valence-corrected chi connectivity index (χ2v) is 5.95. The molecular weight excluding hydrogens is 364 g/mol. The van der Waals surface area contributed by atoms with Crippen molar-refractivity contribution in [3.8, 4) is 0 Å². The van der Waals surface area contributed by atoms with E-state index < -0.39 is 0 Å². The number of hydrogen-bond donors (Lipinski definition) is 1. The Bertz CT molecular complexity index is 395. The van der Waals surface area contributed by atoms with Crippen molar-refractivity contribution in [3.63, 3.8) is 0 Å². The van der Waals surface area contributed by atoms with Gasteiger partial charge in [-0.25, -0.2) is 0 Å². The van der Waals surface area contributed by atoms with Crippen LogP contribution in [0.5, 0.6) is 0 Å². The molecule has 0 unspecified atom stereocenters. The zero-order valence-corrected chi connectivity index (χ0v) is 13.2. The van der Waals surface area contributed by atoms with Crippen LogP contribution in [0, 0.1) is 0 Å². The molecule has 0 bridgehead atoms. The summed E-state index contributed by atoms with van der Waals surface area (Å²) in [6.45, 7) is 2.73. The van der Waals surface area contributed by atoms with Crippen molar-refractivity contribution >= 4 is 37.8 Å². The Morgan fingerprint density at radius 3 is 2.67 bits per heavy atom. The molecule has 1 amide bonds. The number of halogens is 2. The first-order chi connectivity index (χ1) is 8.66. The minimum Gasteiger partial charge on any atom is -0.452 e. The van der Waals surface area contributed by atoms with Gasteiger partial charge in [0.05, 0.1) is 17.6 Å². The molecule has 2 rings (SSSR count). The minimum atomic E-state index is 0.180. The van der Waals surface area contributed by atoms with Crippen LogP contribution in [-0.2, 0) is 11.3 Å². The van der Waals surface area contributed by atoms with Crippen molar-refractivity contribution in [2.75, 3.05) is 19.6 Å². The van der Waals surface area contributed by atoms with Crippen LogP contribution >= 0.6 is 31.9 Å². The van der Waals surface area contributed by atoms with Crippen molar-refractivity contribution in [3.05, 3.63) is 21.0 Å². The molecule has 1 aliphatic rings. The molecule has 18 heavy (non-hydrogen) atoms. The summed E-state index contributed by atoms with van der Waals surface area (Å²) < 4.78 is 7.00. The van der Waals surface area contributed by atoms with Crippen molar-refractivity contribution in [1.29, 1.82) is 0 Å². The summed E-state index contributed by atoms with van der Waals surface area (Å²) in [6.07, 6.45) is 3.50. The molecular formula is C12H16Br2N2O2. The fourth-order valence-corrected chi connectivity index (χ4v) is 2.68. The first kappa shape index (κ1) is 14.1. The molecule has 6 heteroatoms. The summed E-state index contributed by atoms with van der Waals surface area (Å²) in [5, 5.41) is 3.11. The predicted molar refractivity (Wildman–Crippen MR) is 76.2 cm³/mol. The van der Waals surface area contributed by atoms with Gasteiger partial charge in [-0.3, -0.25) is 4.79 Å². The normalized spacial score (nSPS) is 16.0. The van der Waals surface area contributed by atoms with Gasteiger partial charge in [0.1, 0.15) is 5.76 Å². The molecule has 1 fully saturated rings. The second-order valence-electron chi connectivity index (χ2n) is 4.38. The molecule has 0 atom stereocenters. The largest absolute Gasteiger partial charge is 0.452 e. The van der Waals surface area contributed by atoms with Crippen molar-refractivity contribution in [2.24, 2.45) is 0 Å². The van der Waals surface area contributed by atoms with E-state index in [9.17, 15) is 4.79 Å². The first-order valence-corrected chi connectivity index (χ1v) is 7.67. The van der Waals surface area contributed by atoms with Gasteiger partial charge in [-0.05, 0) is 57.2 Å². The zero-order chi connectivity index (χ0) is 13.0. The lowest BCUT2D eigenvalue weighted by Gasteiger charge is -2.26. The summed E-state index contributed by atoms with van der Waals surface area (Å²) in [7, 11) is 0. The topological polar surface area (TPSA) is 45.5 Å². The summed E-state index contributed by atoms with van der Waals surface area (Å²) in [5.41, 5.74) is 0. The highest BCUT2D eigenvalue weighted by Crippen LogP contribution is 2.26. The lowest BCUT2D eigenvalue weighted by atomic mass is 10.1. The number of hydrogen-bond acceptors (Lipinski definition) is 3. The standard InChI is InChI=1S/C12H16Br2N2O2/c13-10-6-9(18-12(10)14)7-15-8-11(17)16-4-2-1-3-5-16/h6,15H,1-5,7-8H2. The highest BCUT2D eigenvalue weighted by molar-refractivity contribution is 9.13. The van der Waals surface area contributed by atoms with E-state index in [-0.39, 0.29) is 5.91 Å². The van der Waals surface area contributed by atoms with Crippen LogP contribution in [0.3, 0.4) is 0 Å². The van der Waals surface area contributed by atoms with Gasteiger partial charge >= 0.3 is 0 Å². The lowest BCUT2D eigenvalue weighted by molar-refractivity contribution is -0.131. The Hall–Kier alpha value is -0.330. The smallest absolute Gasteiger partial charge is 0.236 e. The molecule has 0 saturated carbocycles. The van der Waals surface area contributed by atoms with Gasteiger partial charge in [0.2, 0.25) is 5.91 Å². The molecule has 0 radical (unpaired) electrons. The molecule has 0 aromatic carbocycles. The maximum absolute atomic E-state index is 11.9. The maximum Gasteiger partial charge on any atom is 0.236 e. The number of nitrogens with one attached hydrogen (secondary N) is 1. The summed E-state index contributed by atoms with van der Waals surface area (Å²) in [6, 6.07) is 1.89. The van der Waals surface area contributed by atoms with E-state index in [0.29, 0.717) is 17.8 Å². The van der Waals surface area contributed by atoms with Gasteiger partial charge in [0, 0.05) is 13.1 Å². The Morgan fingerprint density at radius 1 is 1.33 bits per heavy atom. The zero-order valence-electron chi connectivity index (χ0n) is 10.0. The van der Waals surface area contributed by atoms with E-state index in [1.807, 2.05) is 11.0 Å². The number of rotatable bonds is 4. The molecule has 1 aromatic rings. The Labute approximate surface area is 123 Å². The third-order valence-corrected chi connectivity index (χ3v) is 4.69. The van der Waals surface area contributed by atoms with Crippen LogP contribution in [0.15, 0.2) is 19.6 Å². The second kappa shape index (κ2) is 6.73. The van der Waals surface area contributed by atoms with E-state index in [4.69, 9.17) is 4.42 Å². The predicted octanol–water partition coefficient (Wildman–Crippen LogP) is 2.91. The number of likely N-dealkylation sites (tertiary alicyclic amines) is 1. The number of carbonyl (C=O) groups excluding carboxylic acids is 1. The summed E-state index contributed by atoms with van der Waals surface area (Å²) in [5.74, 6) is 0.986. The van der Waals surface area contributed by atoms with Crippen LogP contribution in [0.2, 0.25) is 0 Å². The quantitative estimate of drug-likeness (QED) is 0.874. The average molecular weight is 380 g/mol. The van der Waals surface area contributed by atoms with Gasteiger partial charge in [-0.15, -0.1) is 0 Å². The van der Waals surface area contributed by atoms with Crippen LogP contribution < -0.4 is 5.32 Å². The molecule has 2 heterocycles. The van der Waals surface area contributed by atoms with E-state index >= 15 is 0 Å². The minimum absolute atomic E-state index is 0.180. The van der Waals surface area contributed by atoms with Gasteiger partial charge in [-0.1, -0.05) is 0 Å². The van der Waals surface area contributed by atoms with E-state index in [1.54, 1.807) is 0 Å². The fraction of sp³-hybridized carbons (Fsp3) is 0.583. The van der Waals surface area contributed by atoms with Crippen molar-refractivity contribution in [1.82, 2.24) is 10.2 Å². The van der Waals surface area contributed by atoms with Crippen molar-refractivity contribution in [2.45, 2.75) is 25.8 Å². The first-order valence-electron chi connectivity index (χ1n) is 6.09. The maximum atomic E-state index is 11.9. The molecule has 1 N–H and O–H groups in total. The summed E-state index contributed by atoms with van der Waals surface area (Å²) >= 11 is 6.64. The van der Waals surface area contributed by atoms with Crippen LogP contribution in [0.4, 0.5) is 0 Å². The molecule has 1 aliphatic heterocycles. The highest BCUT2D eigenvalue weighted by atomic mass is 79.9. The molecule has 0 spiro atoms. The Kier molecular flexibility index (Phi) is 5.26. The molecule has 1 saturated heterocycles. The van der Waals surface area contributed by atoms with Crippen LogP contribution in [-0.4, -0.2) is 30.4 Å². The third-order valence-electron chi connectivity index (χ3n) is 2.98. The highest BCUT2D eigenvalue weighted by Gasteiger charge is 2.16. The number of amides is 1. The van der Waals surface area contributed by atoms with E-state index in [2.05, 4.69) is 37.2 Å². The van der Waals surface area contributed by atoms with Gasteiger partial charge in [0.25, 0.3) is 0 Å². The SMILES string of the molecule is O=C(CNCc1cc(Br)c(Br)o1)N1CCCCC1. The Morgan fingerprint density at radius 2 is 2.06 bits per heavy atom. The summed E-state index contributed by atoms with van der Waals surface area (Å²) in [4.78, 5) is 13.8. The van der Waals surface area contributed by atoms with E-state index in [1.165, 1.54) is 6.42 Å². The molecule has 1 aromatic heterocycles. The van der Waals surface area contributed by atoms with Crippen molar-refractivity contribution < 1.29 is 9.21 Å². The van der Waals surface area contributed by atoms with Crippen LogP contribution in [0.1, 0.15) is 25.0 Å². The monoisotopic (exact) mass is 378 g/mol. The third kappa shape index (κ3) is 3.83. The average Bonchev–Trinajstić information content (AvgIpc) is 2.69. The van der Waals surface area contributed by atoms with Crippen LogP contribution in [0.25, 0.3) is 0 Å².